The Hall–Kier alpha value is -2.73. The average molecular weight is 349 g/mol. The van der Waals surface area contributed by atoms with Crippen LogP contribution in [0.5, 0.6) is 5.75 Å². The van der Waals surface area contributed by atoms with E-state index in [0.717, 1.165) is 55.2 Å². The lowest BCUT2D eigenvalue weighted by Crippen LogP contribution is -2.35. The first kappa shape index (κ1) is 16.7. The first-order valence-corrected chi connectivity index (χ1v) is 8.99. The van der Waals surface area contributed by atoms with Gasteiger partial charge in [0, 0.05) is 49.5 Å². The summed E-state index contributed by atoms with van der Waals surface area (Å²) in [6.07, 6.45) is 8.35. The molecule has 6 heteroatoms. The molecule has 1 aromatic carbocycles. The van der Waals surface area contributed by atoms with Gasteiger partial charge in [-0.3, -0.25) is 4.90 Å². The molecule has 0 amide bonds. The van der Waals surface area contributed by atoms with Gasteiger partial charge in [0.1, 0.15) is 12.1 Å². The molecule has 1 aromatic heterocycles. The van der Waals surface area contributed by atoms with Gasteiger partial charge in [0.05, 0.1) is 24.7 Å². The number of benzene rings is 1. The lowest BCUT2D eigenvalue weighted by atomic mass is 9.99. The van der Waals surface area contributed by atoms with Gasteiger partial charge in [-0.25, -0.2) is 9.97 Å². The highest BCUT2D eigenvalue weighted by atomic mass is 16.5. The van der Waals surface area contributed by atoms with Gasteiger partial charge in [-0.2, -0.15) is 0 Å². The van der Waals surface area contributed by atoms with Crippen LogP contribution in [0.2, 0.25) is 0 Å². The van der Waals surface area contributed by atoms with E-state index in [0.29, 0.717) is 0 Å². The van der Waals surface area contributed by atoms with Gasteiger partial charge >= 0.3 is 0 Å². The highest BCUT2D eigenvalue weighted by Crippen LogP contribution is 2.32. The second kappa shape index (κ2) is 7.25. The van der Waals surface area contributed by atoms with Gasteiger partial charge in [-0.15, -0.1) is 0 Å². The number of nitrogens with one attached hydrogen (secondary N) is 2. The third-order valence-corrected chi connectivity index (χ3v) is 5.19. The number of fused-ring (bicyclic) bond motifs is 1. The second-order valence-electron chi connectivity index (χ2n) is 6.76. The first-order valence-electron chi connectivity index (χ1n) is 8.99. The van der Waals surface area contributed by atoms with E-state index in [1.54, 1.807) is 12.4 Å². The van der Waals surface area contributed by atoms with Crippen molar-refractivity contribution < 1.29 is 4.74 Å². The monoisotopic (exact) mass is 349 g/mol. The minimum absolute atomic E-state index is 0.279. The largest absolute Gasteiger partial charge is 0.493 e. The molecule has 4 rings (SSSR count). The maximum absolute atomic E-state index is 7.83. The summed E-state index contributed by atoms with van der Waals surface area (Å²) >= 11 is 0. The van der Waals surface area contributed by atoms with E-state index in [4.69, 9.17) is 10.1 Å². The smallest absolute Gasteiger partial charge is 0.122 e. The van der Waals surface area contributed by atoms with Gasteiger partial charge in [-0.05, 0) is 24.1 Å². The van der Waals surface area contributed by atoms with Crippen molar-refractivity contribution in [2.24, 2.45) is 0 Å². The Morgan fingerprint density at radius 3 is 2.92 bits per heavy atom. The minimum atomic E-state index is 0.279. The van der Waals surface area contributed by atoms with E-state index in [2.05, 4.69) is 45.3 Å². The fourth-order valence-corrected chi connectivity index (χ4v) is 3.61. The highest BCUT2D eigenvalue weighted by Gasteiger charge is 2.24. The van der Waals surface area contributed by atoms with Crippen molar-refractivity contribution in [1.29, 1.82) is 5.41 Å². The lowest BCUT2D eigenvalue weighted by molar-refractivity contribution is 0.224. The average Bonchev–Trinajstić information content (AvgIpc) is 3.16. The Bertz CT molecular complexity index is 833. The number of hydrogen-bond acceptors (Lipinski definition) is 6. The molecule has 0 radical (unpaired) electrons. The molecular formula is C20H23N5O. The molecule has 0 bridgehead atoms. The number of hydrogen-bond donors (Lipinski definition) is 2. The molecule has 2 aliphatic heterocycles. The van der Waals surface area contributed by atoms with Gasteiger partial charge in [0.25, 0.3) is 0 Å². The summed E-state index contributed by atoms with van der Waals surface area (Å²) in [5, 5.41) is 11.2. The van der Waals surface area contributed by atoms with Crippen molar-refractivity contribution in [3.05, 3.63) is 59.3 Å². The van der Waals surface area contributed by atoms with Crippen LogP contribution in [0.25, 0.3) is 0 Å². The quantitative estimate of drug-likeness (QED) is 0.811. The highest BCUT2D eigenvalue weighted by molar-refractivity contribution is 5.79. The molecule has 0 spiro atoms. The molecule has 6 nitrogen and oxygen atoms in total. The van der Waals surface area contributed by atoms with Gasteiger partial charge in [-0.1, -0.05) is 12.1 Å². The molecule has 26 heavy (non-hydrogen) atoms. The molecule has 3 heterocycles. The molecule has 0 fully saturated rings. The van der Waals surface area contributed by atoms with Crippen molar-refractivity contribution in [3.8, 4) is 5.75 Å². The molecule has 2 aromatic rings. The van der Waals surface area contributed by atoms with Crippen molar-refractivity contribution in [3.63, 3.8) is 0 Å². The summed E-state index contributed by atoms with van der Waals surface area (Å²) in [6, 6.07) is 6.85. The normalized spacial score (nSPS) is 18.2. The minimum Gasteiger partial charge on any atom is -0.493 e. The molecular weight excluding hydrogens is 326 g/mol. The van der Waals surface area contributed by atoms with Crippen LogP contribution in [0.4, 0.5) is 5.69 Å². The third kappa shape index (κ3) is 3.32. The van der Waals surface area contributed by atoms with Crippen molar-refractivity contribution >= 4 is 11.9 Å². The first-order chi connectivity index (χ1) is 12.7. The van der Waals surface area contributed by atoms with Crippen LogP contribution in [-0.2, 0) is 6.42 Å². The summed E-state index contributed by atoms with van der Waals surface area (Å²) in [5.41, 5.74) is 5.51. The predicted molar refractivity (Wildman–Crippen MR) is 102 cm³/mol. The van der Waals surface area contributed by atoms with Crippen LogP contribution in [0.3, 0.4) is 0 Å². The Kier molecular flexibility index (Phi) is 4.67. The molecule has 1 unspecified atom stereocenters. The van der Waals surface area contributed by atoms with Crippen LogP contribution in [-0.4, -0.2) is 40.8 Å². The topological polar surface area (TPSA) is 74.1 Å². The molecule has 0 saturated carbocycles. The second-order valence-corrected chi connectivity index (χ2v) is 6.76. The summed E-state index contributed by atoms with van der Waals surface area (Å²) in [6.45, 7) is 4.70. The van der Waals surface area contributed by atoms with Crippen LogP contribution < -0.4 is 10.1 Å². The fraction of sp³-hybridized carbons (Fsp3) is 0.350. The number of ether oxygens (including phenoxy) is 1. The number of rotatable bonds is 5. The maximum atomic E-state index is 7.83. The van der Waals surface area contributed by atoms with Crippen LogP contribution >= 0.6 is 0 Å². The Balaban J connectivity index is 1.50. The van der Waals surface area contributed by atoms with Gasteiger partial charge in [0.2, 0.25) is 0 Å². The SMILES string of the molecule is CC(c1ccc2c(c1)OCC2)N1CCC(Nc2cncnc2)=C(C=N)C1. The summed E-state index contributed by atoms with van der Waals surface area (Å²) in [4.78, 5) is 10.5. The summed E-state index contributed by atoms with van der Waals surface area (Å²) in [5.74, 6) is 1.03. The van der Waals surface area contributed by atoms with Crippen molar-refractivity contribution in [2.75, 3.05) is 25.0 Å². The Morgan fingerprint density at radius 1 is 1.27 bits per heavy atom. The van der Waals surface area contributed by atoms with E-state index in [1.807, 2.05) is 0 Å². The van der Waals surface area contributed by atoms with E-state index in [-0.39, 0.29) is 6.04 Å². The Labute approximate surface area is 153 Å². The molecule has 1 atom stereocenters. The Morgan fingerprint density at radius 2 is 2.12 bits per heavy atom. The lowest BCUT2D eigenvalue weighted by Gasteiger charge is -2.34. The standard InChI is InChI=1S/C20H23N5O/c1-14(16-3-2-15-5-7-26-20(15)8-16)25-6-4-19(17(9-21)12-25)24-18-10-22-13-23-11-18/h2-3,8-11,13-14,21,24H,4-7,12H2,1H3. The summed E-state index contributed by atoms with van der Waals surface area (Å²) in [7, 11) is 0. The van der Waals surface area contributed by atoms with Crippen molar-refractivity contribution in [1.82, 2.24) is 14.9 Å². The van der Waals surface area contributed by atoms with E-state index >= 15 is 0 Å². The van der Waals surface area contributed by atoms with E-state index in [9.17, 15) is 0 Å². The molecule has 0 aliphatic carbocycles. The zero-order chi connectivity index (χ0) is 17.9. The number of nitrogens with zero attached hydrogens (tertiary/aromatic N) is 3. The maximum Gasteiger partial charge on any atom is 0.122 e. The molecule has 0 saturated heterocycles. The van der Waals surface area contributed by atoms with E-state index < -0.39 is 0 Å². The number of aromatic nitrogens is 2. The predicted octanol–water partition coefficient (Wildman–Crippen LogP) is 3.19. The third-order valence-electron chi connectivity index (χ3n) is 5.19. The number of anilines is 1. The fourth-order valence-electron chi connectivity index (χ4n) is 3.61. The summed E-state index contributed by atoms with van der Waals surface area (Å²) < 4.78 is 5.72. The van der Waals surface area contributed by atoms with Crippen molar-refractivity contribution in [2.45, 2.75) is 25.8 Å². The van der Waals surface area contributed by atoms with Gasteiger partial charge < -0.3 is 15.5 Å². The zero-order valence-electron chi connectivity index (χ0n) is 14.9. The molecule has 134 valence electrons. The van der Waals surface area contributed by atoms with E-state index in [1.165, 1.54) is 23.7 Å². The zero-order valence-corrected chi connectivity index (χ0v) is 14.9. The van der Waals surface area contributed by atoms with Gasteiger partial charge in [0.15, 0.2) is 0 Å². The van der Waals surface area contributed by atoms with Crippen LogP contribution in [0.1, 0.15) is 30.5 Å². The molecule has 2 N–H and O–H groups in total. The van der Waals surface area contributed by atoms with Crippen LogP contribution in [0.15, 0.2) is 48.2 Å². The molecule has 2 aliphatic rings. The van der Waals surface area contributed by atoms with Crippen LogP contribution in [0, 0.1) is 5.41 Å².